The van der Waals surface area contributed by atoms with E-state index in [-0.39, 0.29) is 17.8 Å². The highest BCUT2D eigenvalue weighted by Gasteiger charge is 2.52. The van der Waals surface area contributed by atoms with E-state index in [9.17, 15) is 4.79 Å². The van der Waals surface area contributed by atoms with Gasteiger partial charge in [0.05, 0.1) is 23.6 Å². The van der Waals surface area contributed by atoms with Crippen molar-refractivity contribution in [2.24, 2.45) is 0 Å². The van der Waals surface area contributed by atoms with E-state index in [0.29, 0.717) is 4.88 Å². The quantitative estimate of drug-likeness (QED) is 0.437. The van der Waals surface area contributed by atoms with Crippen molar-refractivity contribution in [3.63, 3.8) is 0 Å². The zero-order valence-corrected chi connectivity index (χ0v) is 16.4. The second-order valence-corrected chi connectivity index (χ2v) is 8.17. The Morgan fingerprint density at radius 2 is 1.92 bits per heavy atom. The molecule has 2 aromatic heterocycles. The highest BCUT2D eigenvalue weighted by atomic mass is 35.5. The van der Waals surface area contributed by atoms with Gasteiger partial charge in [0.2, 0.25) is 12.7 Å². The molecule has 0 aliphatic carbocycles. The van der Waals surface area contributed by atoms with Crippen LogP contribution >= 0.6 is 22.9 Å². The number of nitrogens with zero attached hydrogens (tertiary/aromatic N) is 2. The molecule has 0 amide bonds. The van der Waals surface area contributed by atoms with Crippen LogP contribution in [0.3, 0.4) is 0 Å². The first-order valence-electron chi connectivity index (χ1n) is 7.91. The minimum atomic E-state index is -0.510. The number of carbonyl (C=O) groups is 1. The Hall–Kier alpha value is -1.68. The molecule has 1 fully saturated rings. The zero-order chi connectivity index (χ0) is 18.9. The molecule has 0 aromatic carbocycles. The van der Waals surface area contributed by atoms with Crippen molar-refractivity contribution in [1.82, 2.24) is 9.97 Å². The summed E-state index contributed by atoms with van der Waals surface area (Å²) in [7, 11) is -0.510. The predicted octanol–water partition coefficient (Wildman–Crippen LogP) is 2.68. The van der Waals surface area contributed by atoms with Gasteiger partial charge >= 0.3 is 13.1 Å². The summed E-state index contributed by atoms with van der Waals surface area (Å²) in [6, 6.07) is 3.47. The van der Waals surface area contributed by atoms with E-state index in [2.05, 4.69) is 9.97 Å². The van der Waals surface area contributed by atoms with Crippen LogP contribution in [-0.4, -0.2) is 41.1 Å². The maximum absolute atomic E-state index is 12.1. The second kappa shape index (κ2) is 7.15. The van der Waals surface area contributed by atoms with E-state index in [1.807, 2.05) is 27.7 Å². The molecule has 7 nitrogen and oxygen atoms in total. The maximum Gasteiger partial charge on any atom is 0.505 e. The van der Waals surface area contributed by atoms with Crippen LogP contribution in [0.4, 0.5) is 0 Å². The Balaban J connectivity index is 1.57. The van der Waals surface area contributed by atoms with Crippen LogP contribution in [0.15, 0.2) is 24.5 Å². The van der Waals surface area contributed by atoms with Crippen LogP contribution in [0.5, 0.6) is 5.88 Å². The lowest BCUT2D eigenvalue weighted by atomic mass is 9.88. The van der Waals surface area contributed by atoms with Crippen molar-refractivity contribution in [3.8, 4) is 5.88 Å². The molecule has 0 unspecified atom stereocenters. The number of hydrogen-bond acceptors (Lipinski definition) is 8. The fourth-order valence-electron chi connectivity index (χ4n) is 2.16. The summed E-state index contributed by atoms with van der Waals surface area (Å²) < 4.78 is 23.0. The highest BCUT2D eigenvalue weighted by molar-refractivity contribution is 7.23. The first-order valence-corrected chi connectivity index (χ1v) is 9.10. The van der Waals surface area contributed by atoms with Gasteiger partial charge in [0.1, 0.15) is 4.88 Å². The predicted molar refractivity (Wildman–Crippen MR) is 98.0 cm³/mol. The monoisotopic (exact) mass is 396 g/mol. The molecule has 0 spiro atoms. The molecule has 2 aromatic rings. The van der Waals surface area contributed by atoms with Crippen LogP contribution in [0, 0.1) is 0 Å². The summed E-state index contributed by atoms with van der Waals surface area (Å²) in [6.07, 6.45) is 2.75. The van der Waals surface area contributed by atoms with Gasteiger partial charge in [-0.2, -0.15) is 4.98 Å². The molecular formula is C16H18BClN2O5S. The van der Waals surface area contributed by atoms with Gasteiger partial charge in [-0.15, -0.1) is 11.3 Å². The molecule has 3 heterocycles. The molecule has 0 N–H and O–H groups in total. The highest BCUT2D eigenvalue weighted by Crippen LogP contribution is 2.37. The second-order valence-electron chi connectivity index (χ2n) is 6.66. The zero-order valence-electron chi connectivity index (χ0n) is 14.8. The van der Waals surface area contributed by atoms with E-state index in [1.165, 1.54) is 23.7 Å². The molecular weight excluding hydrogens is 379 g/mol. The van der Waals surface area contributed by atoms with E-state index in [4.69, 9.17) is 30.4 Å². The SMILES string of the molecule is CC1(C)OB(c2ccc(C(=O)OCOc3cncc(Cl)n3)s2)OC1(C)C. The van der Waals surface area contributed by atoms with Gasteiger partial charge in [-0.25, -0.2) is 4.79 Å². The molecule has 26 heavy (non-hydrogen) atoms. The molecule has 1 saturated heterocycles. The number of esters is 1. The minimum Gasteiger partial charge on any atom is -0.439 e. The molecule has 3 rings (SSSR count). The van der Waals surface area contributed by atoms with Crippen LogP contribution in [0.2, 0.25) is 5.15 Å². The van der Waals surface area contributed by atoms with E-state index < -0.39 is 24.3 Å². The number of aromatic nitrogens is 2. The molecule has 0 radical (unpaired) electrons. The molecule has 0 bridgehead atoms. The minimum absolute atomic E-state index is 0.175. The summed E-state index contributed by atoms with van der Waals surface area (Å²) in [5.74, 6) is -0.331. The lowest BCUT2D eigenvalue weighted by Crippen LogP contribution is -2.41. The lowest BCUT2D eigenvalue weighted by Gasteiger charge is -2.32. The van der Waals surface area contributed by atoms with Crippen molar-refractivity contribution in [2.75, 3.05) is 6.79 Å². The summed E-state index contributed by atoms with van der Waals surface area (Å²) in [5, 5.41) is 0.194. The first kappa shape index (κ1) is 19.1. The van der Waals surface area contributed by atoms with Crippen molar-refractivity contribution in [1.29, 1.82) is 0 Å². The molecule has 0 atom stereocenters. The van der Waals surface area contributed by atoms with Gasteiger partial charge < -0.3 is 18.8 Å². The van der Waals surface area contributed by atoms with Gasteiger partial charge in [0.25, 0.3) is 0 Å². The maximum atomic E-state index is 12.1. The third-order valence-electron chi connectivity index (χ3n) is 4.29. The summed E-state index contributed by atoms with van der Waals surface area (Å²) in [6.45, 7) is 7.62. The van der Waals surface area contributed by atoms with Gasteiger partial charge in [0.15, 0.2) is 5.15 Å². The normalized spacial score (nSPS) is 18.0. The van der Waals surface area contributed by atoms with E-state index >= 15 is 0 Å². The first-order chi connectivity index (χ1) is 12.2. The summed E-state index contributed by atoms with van der Waals surface area (Å²) in [5.41, 5.74) is -0.873. The topological polar surface area (TPSA) is 79.8 Å². The number of ether oxygens (including phenoxy) is 2. The average Bonchev–Trinajstić information content (AvgIpc) is 3.11. The number of thiophene rings is 1. The Kier molecular flexibility index (Phi) is 5.25. The fraction of sp³-hybridized carbons (Fsp3) is 0.438. The van der Waals surface area contributed by atoms with E-state index in [0.717, 1.165) is 4.78 Å². The van der Waals surface area contributed by atoms with Gasteiger partial charge in [-0.1, -0.05) is 17.7 Å². The van der Waals surface area contributed by atoms with Crippen molar-refractivity contribution in [3.05, 3.63) is 34.6 Å². The van der Waals surface area contributed by atoms with Crippen LogP contribution in [-0.2, 0) is 14.0 Å². The van der Waals surface area contributed by atoms with Crippen LogP contribution in [0.25, 0.3) is 0 Å². The molecule has 138 valence electrons. The lowest BCUT2D eigenvalue weighted by molar-refractivity contribution is 0.00578. The van der Waals surface area contributed by atoms with Crippen molar-refractivity contribution < 1.29 is 23.6 Å². The number of carbonyl (C=O) groups excluding carboxylic acids is 1. The number of hydrogen-bond donors (Lipinski definition) is 0. The van der Waals surface area contributed by atoms with Crippen LogP contribution < -0.4 is 9.51 Å². The Bertz CT molecular complexity index is 797. The van der Waals surface area contributed by atoms with Gasteiger partial charge in [-0.3, -0.25) is 4.98 Å². The average molecular weight is 397 g/mol. The number of halogens is 1. The smallest absolute Gasteiger partial charge is 0.439 e. The molecule has 1 aliphatic rings. The standard InChI is InChI=1S/C16H18BClN2O5S/c1-15(2)16(3,4)25-17(24-15)11-6-5-10(26-11)14(21)23-9-22-13-8-19-7-12(18)20-13/h5-8H,9H2,1-4H3. The molecule has 10 heteroatoms. The van der Waals surface area contributed by atoms with Gasteiger partial charge in [-0.05, 0) is 33.8 Å². The Labute approximate surface area is 160 Å². The molecule has 0 saturated carbocycles. The Morgan fingerprint density at radius 3 is 2.58 bits per heavy atom. The van der Waals surface area contributed by atoms with Crippen molar-refractivity contribution in [2.45, 2.75) is 38.9 Å². The summed E-state index contributed by atoms with van der Waals surface area (Å²) >= 11 is 6.96. The van der Waals surface area contributed by atoms with Gasteiger partial charge in [0, 0.05) is 4.78 Å². The molecule has 1 aliphatic heterocycles. The Morgan fingerprint density at radius 1 is 1.23 bits per heavy atom. The van der Waals surface area contributed by atoms with Crippen LogP contribution in [0.1, 0.15) is 37.4 Å². The van der Waals surface area contributed by atoms with E-state index in [1.54, 1.807) is 12.1 Å². The third-order valence-corrected chi connectivity index (χ3v) is 5.56. The number of rotatable bonds is 5. The fourth-order valence-corrected chi connectivity index (χ4v) is 3.16. The summed E-state index contributed by atoms with van der Waals surface area (Å²) in [4.78, 5) is 20.3. The third kappa shape index (κ3) is 4.01. The largest absolute Gasteiger partial charge is 0.505 e. The van der Waals surface area contributed by atoms with Crippen molar-refractivity contribution >= 4 is 40.8 Å².